The lowest BCUT2D eigenvalue weighted by atomic mass is 10.1. The summed E-state index contributed by atoms with van der Waals surface area (Å²) in [6.45, 7) is 2.39. The minimum absolute atomic E-state index is 0.219. The molecular formula is C13H16FNO2. The number of aliphatic carboxylic acids is 1. The quantitative estimate of drug-likeness (QED) is 0.872. The van der Waals surface area contributed by atoms with E-state index >= 15 is 0 Å². The van der Waals surface area contributed by atoms with E-state index in [-0.39, 0.29) is 18.2 Å². The van der Waals surface area contributed by atoms with Crippen molar-refractivity contribution in [2.75, 3.05) is 13.1 Å². The largest absolute Gasteiger partial charge is 0.481 e. The van der Waals surface area contributed by atoms with Gasteiger partial charge in [-0.2, -0.15) is 0 Å². The smallest absolute Gasteiger partial charge is 0.303 e. The lowest BCUT2D eigenvalue weighted by Gasteiger charge is -2.15. The van der Waals surface area contributed by atoms with E-state index in [4.69, 9.17) is 5.11 Å². The van der Waals surface area contributed by atoms with Gasteiger partial charge in [0, 0.05) is 19.5 Å². The number of carbonyl (C=O) groups is 1. The average molecular weight is 237 g/mol. The molecule has 1 fully saturated rings. The molecule has 1 unspecified atom stereocenters. The fourth-order valence-corrected chi connectivity index (χ4v) is 2.36. The van der Waals surface area contributed by atoms with E-state index < -0.39 is 5.97 Å². The van der Waals surface area contributed by atoms with Gasteiger partial charge in [-0.15, -0.1) is 0 Å². The van der Waals surface area contributed by atoms with Crippen LogP contribution in [-0.2, 0) is 11.3 Å². The van der Waals surface area contributed by atoms with Crippen molar-refractivity contribution in [2.45, 2.75) is 19.4 Å². The molecule has 0 bridgehead atoms. The molecule has 0 aliphatic carbocycles. The van der Waals surface area contributed by atoms with Gasteiger partial charge in [0.25, 0.3) is 0 Å². The molecule has 1 aromatic rings. The predicted octanol–water partition coefficient (Wildman–Crippen LogP) is 2.12. The molecule has 1 atom stereocenters. The van der Waals surface area contributed by atoms with Crippen LogP contribution in [-0.4, -0.2) is 29.1 Å². The summed E-state index contributed by atoms with van der Waals surface area (Å²) in [4.78, 5) is 12.8. The molecule has 17 heavy (non-hydrogen) atoms. The third-order valence-corrected chi connectivity index (χ3v) is 3.13. The molecule has 1 saturated heterocycles. The van der Waals surface area contributed by atoms with Gasteiger partial charge in [0.2, 0.25) is 0 Å². The zero-order valence-corrected chi connectivity index (χ0v) is 9.60. The number of hydrogen-bond acceptors (Lipinski definition) is 2. The molecule has 1 aliphatic heterocycles. The monoisotopic (exact) mass is 237 g/mol. The van der Waals surface area contributed by atoms with E-state index in [1.54, 1.807) is 6.07 Å². The Morgan fingerprint density at radius 2 is 2.35 bits per heavy atom. The van der Waals surface area contributed by atoms with Crippen molar-refractivity contribution < 1.29 is 14.3 Å². The summed E-state index contributed by atoms with van der Waals surface area (Å²) >= 11 is 0. The van der Waals surface area contributed by atoms with Crippen molar-refractivity contribution in [2.24, 2.45) is 5.92 Å². The SMILES string of the molecule is O=C(O)CC1CCN(Cc2cccc(F)c2)C1. The molecule has 1 aromatic carbocycles. The van der Waals surface area contributed by atoms with Crippen LogP contribution in [0.2, 0.25) is 0 Å². The van der Waals surface area contributed by atoms with Crippen LogP contribution < -0.4 is 0 Å². The number of benzene rings is 1. The number of hydrogen-bond donors (Lipinski definition) is 1. The van der Waals surface area contributed by atoms with Gasteiger partial charge in [0.15, 0.2) is 0 Å². The number of nitrogens with zero attached hydrogens (tertiary/aromatic N) is 1. The Labute approximate surface area is 99.9 Å². The first-order chi connectivity index (χ1) is 8.13. The molecule has 0 saturated carbocycles. The van der Waals surface area contributed by atoms with Crippen molar-refractivity contribution in [3.05, 3.63) is 35.6 Å². The minimum atomic E-state index is -0.734. The van der Waals surface area contributed by atoms with Crippen LogP contribution in [0.3, 0.4) is 0 Å². The van der Waals surface area contributed by atoms with Gasteiger partial charge >= 0.3 is 5.97 Å². The number of carboxylic acids is 1. The molecule has 0 aromatic heterocycles. The van der Waals surface area contributed by atoms with Crippen molar-refractivity contribution in [3.8, 4) is 0 Å². The molecule has 1 N–H and O–H groups in total. The van der Waals surface area contributed by atoms with E-state index in [0.717, 1.165) is 25.1 Å². The Balaban J connectivity index is 1.87. The molecule has 0 spiro atoms. The van der Waals surface area contributed by atoms with Gasteiger partial charge in [-0.05, 0) is 36.6 Å². The maximum Gasteiger partial charge on any atom is 0.303 e. The van der Waals surface area contributed by atoms with E-state index in [0.29, 0.717) is 6.54 Å². The third kappa shape index (κ3) is 3.53. The Kier molecular flexibility index (Phi) is 3.74. The standard InChI is InChI=1S/C13H16FNO2/c14-12-3-1-2-10(6-12)8-15-5-4-11(9-15)7-13(16)17/h1-3,6,11H,4-5,7-9H2,(H,16,17). The molecule has 0 amide bonds. The molecule has 2 rings (SSSR count). The van der Waals surface area contributed by atoms with E-state index in [1.165, 1.54) is 12.1 Å². The van der Waals surface area contributed by atoms with Crippen molar-refractivity contribution in [3.63, 3.8) is 0 Å². The lowest BCUT2D eigenvalue weighted by Crippen LogP contribution is -2.20. The summed E-state index contributed by atoms with van der Waals surface area (Å²) < 4.78 is 13.0. The summed E-state index contributed by atoms with van der Waals surface area (Å²) in [6.07, 6.45) is 1.15. The van der Waals surface area contributed by atoms with E-state index in [1.807, 2.05) is 6.07 Å². The van der Waals surface area contributed by atoms with Crippen LogP contribution in [0.15, 0.2) is 24.3 Å². The second kappa shape index (κ2) is 5.27. The van der Waals surface area contributed by atoms with Crippen LogP contribution in [0.1, 0.15) is 18.4 Å². The fraction of sp³-hybridized carbons (Fsp3) is 0.462. The molecule has 0 radical (unpaired) electrons. The highest BCUT2D eigenvalue weighted by atomic mass is 19.1. The van der Waals surface area contributed by atoms with Crippen molar-refractivity contribution in [1.29, 1.82) is 0 Å². The Bertz CT molecular complexity index is 408. The number of rotatable bonds is 4. The molecule has 4 heteroatoms. The van der Waals surface area contributed by atoms with Gasteiger partial charge in [-0.1, -0.05) is 12.1 Å². The Morgan fingerprint density at radius 1 is 1.53 bits per heavy atom. The van der Waals surface area contributed by atoms with Crippen LogP contribution in [0.4, 0.5) is 4.39 Å². The number of halogens is 1. The highest BCUT2D eigenvalue weighted by Crippen LogP contribution is 2.21. The van der Waals surface area contributed by atoms with E-state index in [9.17, 15) is 9.18 Å². The zero-order chi connectivity index (χ0) is 12.3. The van der Waals surface area contributed by atoms with E-state index in [2.05, 4.69) is 4.90 Å². The highest BCUT2D eigenvalue weighted by Gasteiger charge is 2.24. The molecule has 92 valence electrons. The maximum atomic E-state index is 13.0. The summed E-state index contributed by atoms with van der Waals surface area (Å²) in [6, 6.07) is 6.56. The summed E-state index contributed by atoms with van der Waals surface area (Å²) in [5.74, 6) is -0.715. The van der Waals surface area contributed by atoms with Crippen LogP contribution >= 0.6 is 0 Å². The molecule has 1 aliphatic rings. The Hall–Kier alpha value is -1.42. The zero-order valence-electron chi connectivity index (χ0n) is 9.60. The first-order valence-corrected chi connectivity index (χ1v) is 5.82. The first-order valence-electron chi connectivity index (χ1n) is 5.82. The van der Waals surface area contributed by atoms with Crippen molar-refractivity contribution in [1.82, 2.24) is 4.90 Å². The van der Waals surface area contributed by atoms with Crippen molar-refractivity contribution >= 4 is 5.97 Å². The minimum Gasteiger partial charge on any atom is -0.481 e. The predicted molar refractivity (Wildman–Crippen MR) is 62.0 cm³/mol. The van der Waals surface area contributed by atoms with Gasteiger partial charge < -0.3 is 5.11 Å². The van der Waals surface area contributed by atoms with Gasteiger partial charge in [0.05, 0.1) is 0 Å². The topological polar surface area (TPSA) is 40.5 Å². The molecular weight excluding hydrogens is 221 g/mol. The second-order valence-electron chi connectivity index (χ2n) is 4.62. The lowest BCUT2D eigenvalue weighted by molar-refractivity contribution is -0.138. The Morgan fingerprint density at radius 3 is 3.06 bits per heavy atom. The third-order valence-electron chi connectivity index (χ3n) is 3.13. The average Bonchev–Trinajstić information content (AvgIpc) is 2.64. The van der Waals surface area contributed by atoms with Gasteiger partial charge in [0.1, 0.15) is 5.82 Å². The number of likely N-dealkylation sites (tertiary alicyclic amines) is 1. The van der Waals surface area contributed by atoms with Crippen LogP contribution in [0.25, 0.3) is 0 Å². The second-order valence-corrected chi connectivity index (χ2v) is 4.62. The molecule has 3 nitrogen and oxygen atoms in total. The summed E-state index contributed by atoms with van der Waals surface area (Å²) in [7, 11) is 0. The fourth-order valence-electron chi connectivity index (χ4n) is 2.36. The van der Waals surface area contributed by atoms with Crippen LogP contribution in [0, 0.1) is 11.7 Å². The summed E-state index contributed by atoms with van der Waals surface area (Å²) in [5, 5.41) is 8.72. The van der Waals surface area contributed by atoms with Gasteiger partial charge in [-0.25, -0.2) is 4.39 Å². The van der Waals surface area contributed by atoms with Crippen LogP contribution in [0.5, 0.6) is 0 Å². The normalized spacial score (nSPS) is 20.6. The first kappa shape index (κ1) is 12.0. The number of carboxylic acid groups (broad SMARTS) is 1. The maximum absolute atomic E-state index is 13.0. The molecule has 1 heterocycles. The summed E-state index contributed by atoms with van der Waals surface area (Å²) in [5.41, 5.74) is 0.945. The van der Waals surface area contributed by atoms with Gasteiger partial charge in [-0.3, -0.25) is 9.69 Å². The highest BCUT2D eigenvalue weighted by molar-refractivity contribution is 5.67.